The third kappa shape index (κ3) is 3.58. The molecule has 4 nitrogen and oxygen atoms in total. The molecule has 0 aliphatic carbocycles. The molecule has 1 aliphatic rings. The molecule has 1 aliphatic heterocycles. The van der Waals surface area contributed by atoms with Crippen LogP contribution in [0.2, 0.25) is 0 Å². The zero-order valence-corrected chi connectivity index (χ0v) is 11.0. The summed E-state index contributed by atoms with van der Waals surface area (Å²) >= 11 is 0. The standard InChI is InChI=1S/C15H18O4/c1-10-7-11(2)19-14(8-10)12-5-3-4-6-13(12)18-9-15(16)17/h3-6,11,14H,1,7-9H2,2H3,(H,16,17). The van der Waals surface area contributed by atoms with Gasteiger partial charge in [-0.3, -0.25) is 0 Å². The minimum atomic E-state index is -0.989. The average Bonchev–Trinajstić information content (AvgIpc) is 2.35. The minimum absolute atomic E-state index is 0.110. The number of rotatable bonds is 4. The molecule has 0 amide bonds. The first-order chi connectivity index (χ1) is 9.06. The third-order valence-electron chi connectivity index (χ3n) is 3.06. The zero-order chi connectivity index (χ0) is 13.8. The van der Waals surface area contributed by atoms with E-state index in [0.717, 1.165) is 24.0 Å². The van der Waals surface area contributed by atoms with Crippen molar-refractivity contribution in [2.24, 2.45) is 0 Å². The summed E-state index contributed by atoms with van der Waals surface area (Å²) in [6, 6.07) is 7.40. The molecule has 0 aromatic heterocycles. The number of ether oxygens (including phenoxy) is 2. The highest BCUT2D eigenvalue weighted by Gasteiger charge is 2.25. The lowest BCUT2D eigenvalue weighted by Gasteiger charge is -2.30. The molecule has 2 atom stereocenters. The van der Waals surface area contributed by atoms with Crippen molar-refractivity contribution in [1.29, 1.82) is 0 Å². The van der Waals surface area contributed by atoms with Crippen LogP contribution in [0.4, 0.5) is 0 Å². The molecule has 1 N–H and O–H groups in total. The molecule has 1 heterocycles. The Morgan fingerprint density at radius 3 is 2.89 bits per heavy atom. The average molecular weight is 262 g/mol. The van der Waals surface area contributed by atoms with E-state index in [1.54, 1.807) is 6.07 Å². The quantitative estimate of drug-likeness (QED) is 0.848. The molecule has 1 aromatic carbocycles. The first-order valence-electron chi connectivity index (χ1n) is 6.32. The Labute approximate surface area is 112 Å². The minimum Gasteiger partial charge on any atom is -0.482 e. The summed E-state index contributed by atoms with van der Waals surface area (Å²) in [7, 11) is 0. The van der Waals surface area contributed by atoms with Crippen LogP contribution in [0.15, 0.2) is 36.4 Å². The van der Waals surface area contributed by atoms with E-state index in [9.17, 15) is 4.79 Å². The van der Waals surface area contributed by atoms with Crippen LogP contribution in [-0.2, 0) is 9.53 Å². The van der Waals surface area contributed by atoms with E-state index in [1.165, 1.54) is 0 Å². The van der Waals surface area contributed by atoms with Crippen molar-refractivity contribution in [2.45, 2.75) is 32.0 Å². The summed E-state index contributed by atoms with van der Waals surface area (Å²) in [5.41, 5.74) is 2.04. The molecule has 2 rings (SSSR count). The third-order valence-corrected chi connectivity index (χ3v) is 3.06. The Kier molecular flexibility index (Phi) is 4.22. The van der Waals surface area contributed by atoms with E-state index in [1.807, 2.05) is 25.1 Å². The normalized spacial score (nSPS) is 23.1. The smallest absolute Gasteiger partial charge is 0.341 e. The van der Waals surface area contributed by atoms with Crippen molar-refractivity contribution in [3.8, 4) is 5.75 Å². The number of aliphatic carboxylic acids is 1. The molecular formula is C15H18O4. The first kappa shape index (κ1) is 13.6. The lowest BCUT2D eigenvalue weighted by Crippen LogP contribution is -2.21. The molecular weight excluding hydrogens is 244 g/mol. The van der Waals surface area contributed by atoms with Crippen molar-refractivity contribution >= 4 is 5.97 Å². The fourth-order valence-electron chi connectivity index (χ4n) is 2.33. The van der Waals surface area contributed by atoms with Crippen LogP contribution in [0.3, 0.4) is 0 Å². The van der Waals surface area contributed by atoms with Gasteiger partial charge < -0.3 is 14.6 Å². The summed E-state index contributed by atoms with van der Waals surface area (Å²) in [6.45, 7) is 5.69. The van der Waals surface area contributed by atoms with Gasteiger partial charge in [0.15, 0.2) is 6.61 Å². The van der Waals surface area contributed by atoms with Gasteiger partial charge in [0, 0.05) is 5.56 Å². The molecule has 0 radical (unpaired) electrons. The van der Waals surface area contributed by atoms with E-state index >= 15 is 0 Å². The number of benzene rings is 1. The molecule has 0 saturated carbocycles. The predicted molar refractivity (Wildman–Crippen MR) is 71.2 cm³/mol. The van der Waals surface area contributed by atoms with Crippen molar-refractivity contribution in [1.82, 2.24) is 0 Å². The van der Waals surface area contributed by atoms with Gasteiger partial charge in [0.05, 0.1) is 12.2 Å². The van der Waals surface area contributed by atoms with Crippen molar-refractivity contribution < 1.29 is 19.4 Å². The van der Waals surface area contributed by atoms with Crippen LogP contribution < -0.4 is 4.74 Å². The molecule has 0 bridgehead atoms. The van der Waals surface area contributed by atoms with Gasteiger partial charge in [0.1, 0.15) is 5.75 Å². The number of para-hydroxylation sites is 1. The van der Waals surface area contributed by atoms with Gasteiger partial charge in [0.25, 0.3) is 0 Å². The van der Waals surface area contributed by atoms with E-state index in [2.05, 4.69) is 6.58 Å². The second kappa shape index (κ2) is 5.89. The van der Waals surface area contributed by atoms with Crippen LogP contribution in [0.1, 0.15) is 31.4 Å². The number of carbonyl (C=O) groups is 1. The van der Waals surface area contributed by atoms with Crippen LogP contribution in [0.5, 0.6) is 5.75 Å². The number of carboxylic acid groups (broad SMARTS) is 1. The fraction of sp³-hybridized carbons (Fsp3) is 0.400. The summed E-state index contributed by atoms with van der Waals surface area (Å²) in [5.74, 6) is -0.422. The maximum absolute atomic E-state index is 10.6. The molecule has 0 spiro atoms. The number of hydrogen-bond acceptors (Lipinski definition) is 3. The molecule has 1 fully saturated rings. The molecule has 4 heteroatoms. The van der Waals surface area contributed by atoms with E-state index in [0.29, 0.717) is 5.75 Å². The Hall–Kier alpha value is -1.81. The lowest BCUT2D eigenvalue weighted by molar-refractivity contribution is -0.139. The monoisotopic (exact) mass is 262 g/mol. The van der Waals surface area contributed by atoms with Gasteiger partial charge in [0.2, 0.25) is 0 Å². The highest BCUT2D eigenvalue weighted by molar-refractivity contribution is 5.68. The highest BCUT2D eigenvalue weighted by Crippen LogP contribution is 2.37. The van der Waals surface area contributed by atoms with Crippen LogP contribution in [0.25, 0.3) is 0 Å². The van der Waals surface area contributed by atoms with E-state index < -0.39 is 5.97 Å². The van der Waals surface area contributed by atoms with Gasteiger partial charge >= 0.3 is 5.97 Å². The van der Waals surface area contributed by atoms with Crippen molar-refractivity contribution in [3.63, 3.8) is 0 Å². The Balaban J connectivity index is 2.18. The van der Waals surface area contributed by atoms with Gasteiger partial charge in [-0.1, -0.05) is 30.4 Å². The van der Waals surface area contributed by atoms with Gasteiger partial charge in [-0.25, -0.2) is 4.79 Å². The summed E-state index contributed by atoms with van der Waals surface area (Å²) in [5, 5.41) is 8.69. The van der Waals surface area contributed by atoms with E-state index in [4.69, 9.17) is 14.6 Å². The maximum atomic E-state index is 10.6. The molecule has 102 valence electrons. The van der Waals surface area contributed by atoms with Crippen molar-refractivity contribution in [3.05, 3.63) is 42.0 Å². The summed E-state index contributed by atoms with van der Waals surface area (Å²) in [6.07, 6.45) is 1.63. The number of hydrogen-bond donors (Lipinski definition) is 1. The van der Waals surface area contributed by atoms with Gasteiger partial charge in [-0.2, -0.15) is 0 Å². The Morgan fingerprint density at radius 1 is 1.47 bits per heavy atom. The van der Waals surface area contributed by atoms with Crippen LogP contribution in [-0.4, -0.2) is 23.8 Å². The molecule has 19 heavy (non-hydrogen) atoms. The Bertz CT molecular complexity index is 481. The first-order valence-corrected chi connectivity index (χ1v) is 6.32. The fourth-order valence-corrected chi connectivity index (χ4v) is 2.33. The van der Waals surface area contributed by atoms with Gasteiger partial charge in [-0.15, -0.1) is 0 Å². The second-order valence-corrected chi connectivity index (χ2v) is 4.81. The SMILES string of the molecule is C=C1CC(C)OC(c2ccccc2OCC(=O)O)C1. The van der Waals surface area contributed by atoms with Crippen LogP contribution in [0, 0.1) is 0 Å². The molecule has 1 saturated heterocycles. The van der Waals surface area contributed by atoms with Crippen LogP contribution >= 0.6 is 0 Å². The maximum Gasteiger partial charge on any atom is 0.341 e. The predicted octanol–water partition coefficient (Wildman–Crippen LogP) is 2.95. The molecule has 2 unspecified atom stereocenters. The highest BCUT2D eigenvalue weighted by atomic mass is 16.5. The largest absolute Gasteiger partial charge is 0.482 e. The summed E-state index contributed by atoms with van der Waals surface area (Å²) in [4.78, 5) is 10.6. The second-order valence-electron chi connectivity index (χ2n) is 4.81. The van der Waals surface area contributed by atoms with Crippen molar-refractivity contribution in [2.75, 3.05) is 6.61 Å². The topological polar surface area (TPSA) is 55.8 Å². The summed E-state index contributed by atoms with van der Waals surface area (Å²) < 4.78 is 11.2. The van der Waals surface area contributed by atoms with Gasteiger partial charge in [-0.05, 0) is 25.8 Å². The van der Waals surface area contributed by atoms with E-state index in [-0.39, 0.29) is 18.8 Å². The number of carboxylic acids is 1. The molecule has 1 aromatic rings. The zero-order valence-electron chi connectivity index (χ0n) is 11.0. The lowest BCUT2D eigenvalue weighted by atomic mass is 9.95. The Morgan fingerprint density at radius 2 is 2.21 bits per heavy atom.